The summed E-state index contributed by atoms with van der Waals surface area (Å²) < 4.78 is 0. The highest BCUT2D eigenvalue weighted by molar-refractivity contribution is 6.30. The van der Waals surface area contributed by atoms with Crippen LogP contribution in [0.5, 0.6) is 0 Å². The van der Waals surface area contributed by atoms with Crippen molar-refractivity contribution < 1.29 is 9.90 Å². The van der Waals surface area contributed by atoms with Crippen molar-refractivity contribution in [2.45, 2.75) is 39.0 Å². The second kappa shape index (κ2) is 9.06. The number of carbonyl (C=O) groups is 1. The lowest BCUT2D eigenvalue weighted by molar-refractivity contribution is -0.132. The van der Waals surface area contributed by atoms with Crippen LogP contribution in [0.4, 0.5) is 0 Å². The molecule has 1 aromatic rings. The van der Waals surface area contributed by atoms with Crippen molar-refractivity contribution in [3.8, 4) is 0 Å². The molecule has 0 heterocycles. The molecule has 1 unspecified atom stereocenters. The number of nitrogens with zero attached hydrogens (tertiary/aromatic N) is 1. The lowest BCUT2D eigenvalue weighted by Gasteiger charge is -2.26. The van der Waals surface area contributed by atoms with Gasteiger partial charge in [0.2, 0.25) is 5.91 Å². The summed E-state index contributed by atoms with van der Waals surface area (Å²) in [6.45, 7) is 5.08. The SMILES string of the molecule is CC(C)C(C(=O)N(C)CCCCCO)c1ccc(Cl)cc1. The van der Waals surface area contributed by atoms with Gasteiger partial charge in [-0.15, -0.1) is 0 Å². The molecular weight excluding hydrogens is 286 g/mol. The van der Waals surface area contributed by atoms with Gasteiger partial charge in [0.25, 0.3) is 0 Å². The molecule has 1 N–H and O–H groups in total. The van der Waals surface area contributed by atoms with Crippen LogP contribution < -0.4 is 0 Å². The molecule has 0 saturated heterocycles. The van der Waals surface area contributed by atoms with Crippen LogP contribution in [0.1, 0.15) is 44.6 Å². The van der Waals surface area contributed by atoms with Crippen molar-refractivity contribution >= 4 is 17.5 Å². The van der Waals surface area contributed by atoms with Gasteiger partial charge in [0.15, 0.2) is 0 Å². The zero-order valence-electron chi connectivity index (χ0n) is 13.2. The maximum absolute atomic E-state index is 12.7. The Kier molecular flexibility index (Phi) is 7.76. The molecule has 21 heavy (non-hydrogen) atoms. The third-order valence-electron chi connectivity index (χ3n) is 3.69. The lowest BCUT2D eigenvalue weighted by atomic mass is 9.87. The molecule has 0 aliphatic heterocycles. The van der Waals surface area contributed by atoms with E-state index in [1.807, 2.05) is 31.3 Å². The first-order chi connectivity index (χ1) is 9.97. The molecule has 0 bridgehead atoms. The molecule has 1 amide bonds. The lowest BCUT2D eigenvalue weighted by Crippen LogP contribution is -2.34. The Morgan fingerprint density at radius 3 is 2.33 bits per heavy atom. The minimum absolute atomic E-state index is 0.134. The van der Waals surface area contributed by atoms with Crippen LogP contribution in [0.3, 0.4) is 0 Å². The minimum atomic E-state index is -0.134. The zero-order valence-corrected chi connectivity index (χ0v) is 13.9. The number of aliphatic hydroxyl groups is 1. The van der Waals surface area contributed by atoms with Gasteiger partial charge in [-0.2, -0.15) is 0 Å². The molecule has 1 aromatic carbocycles. The first-order valence-electron chi connectivity index (χ1n) is 7.58. The average Bonchev–Trinajstić information content (AvgIpc) is 2.45. The van der Waals surface area contributed by atoms with Crippen molar-refractivity contribution in [2.75, 3.05) is 20.2 Å². The summed E-state index contributed by atoms with van der Waals surface area (Å²) >= 11 is 5.92. The monoisotopic (exact) mass is 311 g/mol. The van der Waals surface area contributed by atoms with Gasteiger partial charge in [-0.1, -0.05) is 37.6 Å². The molecule has 118 valence electrons. The fraction of sp³-hybridized carbons (Fsp3) is 0.588. The Morgan fingerprint density at radius 1 is 1.19 bits per heavy atom. The van der Waals surface area contributed by atoms with Crippen LogP contribution >= 0.6 is 11.6 Å². The van der Waals surface area contributed by atoms with E-state index in [0.717, 1.165) is 31.4 Å². The summed E-state index contributed by atoms with van der Waals surface area (Å²) in [6.07, 6.45) is 2.67. The molecule has 0 saturated carbocycles. The number of unbranched alkanes of at least 4 members (excludes halogenated alkanes) is 2. The quantitative estimate of drug-likeness (QED) is 0.744. The van der Waals surface area contributed by atoms with Crippen molar-refractivity contribution in [1.29, 1.82) is 0 Å². The summed E-state index contributed by atoms with van der Waals surface area (Å²) in [5.41, 5.74) is 1.02. The number of aliphatic hydroxyl groups excluding tert-OH is 1. The Hall–Kier alpha value is -1.06. The highest BCUT2D eigenvalue weighted by Gasteiger charge is 2.26. The molecule has 0 radical (unpaired) electrons. The minimum Gasteiger partial charge on any atom is -0.396 e. The first-order valence-corrected chi connectivity index (χ1v) is 7.96. The van der Waals surface area contributed by atoms with Crippen molar-refractivity contribution in [1.82, 2.24) is 4.90 Å². The van der Waals surface area contributed by atoms with Gasteiger partial charge in [-0.25, -0.2) is 0 Å². The van der Waals surface area contributed by atoms with E-state index in [1.165, 1.54) is 0 Å². The molecule has 0 spiro atoms. The Balaban J connectivity index is 2.71. The van der Waals surface area contributed by atoms with Crippen LogP contribution in [0.2, 0.25) is 5.02 Å². The van der Waals surface area contributed by atoms with Gasteiger partial charge in [0.05, 0.1) is 5.92 Å². The van der Waals surface area contributed by atoms with E-state index in [9.17, 15) is 4.79 Å². The summed E-state index contributed by atoms with van der Waals surface area (Å²) in [6, 6.07) is 7.54. The standard InChI is InChI=1S/C17H26ClNO2/c1-13(2)16(14-7-9-15(18)10-8-14)17(21)19(3)11-5-4-6-12-20/h7-10,13,16,20H,4-6,11-12H2,1-3H3. The van der Waals surface area contributed by atoms with E-state index < -0.39 is 0 Å². The molecule has 4 heteroatoms. The number of carbonyl (C=O) groups excluding carboxylic acids is 1. The van der Waals surface area contributed by atoms with E-state index in [-0.39, 0.29) is 24.3 Å². The van der Waals surface area contributed by atoms with Crippen molar-refractivity contribution in [2.24, 2.45) is 5.92 Å². The Labute approximate surface area is 132 Å². The topological polar surface area (TPSA) is 40.5 Å². The fourth-order valence-corrected chi connectivity index (χ4v) is 2.59. The van der Waals surface area contributed by atoms with Crippen molar-refractivity contribution in [3.05, 3.63) is 34.9 Å². The maximum atomic E-state index is 12.7. The first kappa shape index (κ1) is 18.0. The number of likely N-dealkylation sites (N-methyl/N-ethyl adjacent to an activating group) is 1. The largest absolute Gasteiger partial charge is 0.396 e. The van der Waals surface area contributed by atoms with Crippen LogP contribution in [0, 0.1) is 5.92 Å². The fourth-order valence-electron chi connectivity index (χ4n) is 2.47. The molecular formula is C17H26ClNO2. The van der Waals surface area contributed by atoms with E-state index >= 15 is 0 Å². The van der Waals surface area contributed by atoms with Crippen LogP contribution in [-0.2, 0) is 4.79 Å². The predicted octanol–water partition coefficient (Wildman–Crippen LogP) is 3.70. The maximum Gasteiger partial charge on any atom is 0.230 e. The number of benzene rings is 1. The van der Waals surface area contributed by atoms with Gasteiger partial charge in [0, 0.05) is 25.2 Å². The smallest absolute Gasteiger partial charge is 0.230 e. The molecule has 0 aliphatic rings. The highest BCUT2D eigenvalue weighted by atomic mass is 35.5. The summed E-state index contributed by atoms with van der Waals surface area (Å²) in [5, 5.41) is 9.47. The summed E-state index contributed by atoms with van der Waals surface area (Å²) in [4.78, 5) is 14.5. The predicted molar refractivity (Wildman–Crippen MR) is 87.6 cm³/mol. The molecule has 3 nitrogen and oxygen atoms in total. The molecule has 0 aliphatic carbocycles. The van der Waals surface area contributed by atoms with Gasteiger partial charge in [-0.05, 0) is 42.9 Å². The normalized spacial score (nSPS) is 12.5. The van der Waals surface area contributed by atoms with Crippen LogP contribution in [-0.4, -0.2) is 36.1 Å². The number of rotatable bonds is 8. The zero-order chi connectivity index (χ0) is 15.8. The van der Waals surface area contributed by atoms with Gasteiger partial charge in [0.1, 0.15) is 0 Å². The van der Waals surface area contributed by atoms with E-state index in [0.29, 0.717) is 5.02 Å². The molecule has 1 rings (SSSR count). The molecule has 1 atom stereocenters. The van der Waals surface area contributed by atoms with Crippen LogP contribution in [0.25, 0.3) is 0 Å². The Morgan fingerprint density at radius 2 is 1.81 bits per heavy atom. The van der Waals surface area contributed by atoms with Gasteiger partial charge in [-0.3, -0.25) is 4.79 Å². The summed E-state index contributed by atoms with van der Waals surface area (Å²) in [7, 11) is 1.85. The number of hydrogen-bond donors (Lipinski definition) is 1. The number of halogens is 1. The molecule has 0 fully saturated rings. The number of hydrogen-bond acceptors (Lipinski definition) is 2. The second-order valence-electron chi connectivity index (χ2n) is 5.82. The van der Waals surface area contributed by atoms with Crippen molar-refractivity contribution in [3.63, 3.8) is 0 Å². The highest BCUT2D eigenvalue weighted by Crippen LogP contribution is 2.27. The Bertz CT molecular complexity index is 431. The average molecular weight is 312 g/mol. The second-order valence-corrected chi connectivity index (χ2v) is 6.25. The van der Waals surface area contributed by atoms with Gasteiger partial charge >= 0.3 is 0 Å². The number of amides is 1. The van der Waals surface area contributed by atoms with Gasteiger partial charge < -0.3 is 10.0 Å². The van der Waals surface area contributed by atoms with E-state index in [2.05, 4.69) is 13.8 Å². The molecule has 0 aromatic heterocycles. The third-order valence-corrected chi connectivity index (χ3v) is 3.94. The van der Waals surface area contributed by atoms with Crippen LogP contribution in [0.15, 0.2) is 24.3 Å². The van der Waals surface area contributed by atoms with E-state index in [4.69, 9.17) is 16.7 Å². The van der Waals surface area contributed by atoms with E-state index in [1.54, 1.807) is 4.90 Å². The third kappa shape index (κ3) is 5.68. The summed E-state index contributed by atoms with van der Waals surface area (Å²) in [5.74, 6) is 0.250.